The molecule has 0 aliphatic rings. The lowest BCUT2D eigenvalue weighted by atomic mass is 10.2. The molecule has 154 valence electrons. The average Bonchev–Trinajstić information content (AvgIpc) is 3.32. The summed E-state index contributed by atoms with van der Waals surface area (Å²) in [7, 11) is -2.10. The fourth-order valence-electron chi connectivity index (χ4n) is 2.99. The zero-order chi connectivity index (χ0) is 21.2. The number of anilines is 1. The number of aryl methyl sites for hydroxylation is 1. The van der Waals surface area contributed by atoms with Gasteiger partial charge in [0.2, 0.25) is 10.0 Å². The number of hydrogen-bond donors (Lipinski definition) is 1. The van der Waals surface area contributed by atoms with E-state index in [0.717, 1.165) is 0 Å². The minimum atomic E-state index is -3.68. The molecule has 0 aliphatic carbocycles. The molecule has 0 saturated carbocycles. The van der Waals surface area contributed by atoms with Gasteiger partial charge in [0.15, 0.2) is 5.82 Å². The van der Waals surface area contributed by atoms with Crippen molar-refractivity contribution in [1.82, 2.24) is 18.7 Å². The predicted octanol–water partition coefficient (Wildman–Crippen LogP) is 2.63. The van der Waals surface area contributed by atoms with Gasteiger partial charge in [-0.1, -0.05) is 13.8 Å². The standard InChI is InChI=1S/C19H22FN5O3S/c1-4-24(5-2)29(27,28)15-12-18(23(3)13-15)19(26)22-14-7-8-17(16(20)11-14)25-10-6-9-21-25/h6-13H,4-5H2,1-3H3,(H,22,26). The molecule has 2 heterocycles. The Morgan fingerprint density at radius 3 is 2.55 bits per heavy atom. The van der Waals surface area contributed by atoms with Crippen molar-refractivity contribution in [1.29, 1.82) is 0 Å². The molecule has 0 spiro atoms. The minimum absolute atomic E-state index is 0.0362. The van der Waals surface area contributed by atoms with E-state index in [1.54, 1.807) is 39.2 Å². The van der Waals surface area contributed by atoms with Crippen LogP contribution in [0.25, 0.3) is 5.69 Å². The number of nitrogens with zero attached hydrogens (tertiary/aromatic N) is 4. The highest BCUT2D eigenvalue weighted by Crippen LogP contribution is 2.21. The minimum Gasteiger partial charge on any atom is -0.345 e. The molecule has 0 unspecified atom stereocenters. The number of carbonyl (C=O) groups is 1. The summed E-state index contributed by atoms with van der Waals surface area (Å²) in [6.45, 7) is 4.16. The molecule has 8 nitrogen and oxygen atoms in total. The average molecular weight is 419 g/mol. The Kier molecular flexibility index (Phi) is 5.85. The third-order valence-electron chi connectivity index (χ3n) is 4.51. The number of halogens is 1. The van der Waals surface area contributed by atoms with Gasteiger partial charge in [-0.2, -0.15) is 9.40 Å². The molecule has 29 heavy (non-hydrogen) atoms. The Balaban J connectivity index is 1.83. The Labute approximate surface area is 168 Å². The molecule has 2 aromatic heterocycles. The first kappa shape index (κ1) is 20.7. The molecule has 0 fully saturated rings. The number of nitrogens with one attached hydrogen (secondary N) is 1. The summed E-state index contributed by atoms with van der Waals surface area (Å²) >= 11 is 0. The lowest BCUT2D eigenvalue weighted by molar-refractivity contribution is 0.101. The van der Waals surface area contributed by atoms with Crippen LogP contribution in [0.3, 0.4) is 0 Å². The van der Waals surface area contributed by atoms with E-state index in [1.807, 2.05) is 0 Å². The molecule has 0 saturated heterocycles. The highest BCUT2D eigenvalue weighted by Gasteiger charge is 2.25. The van der Waals surface area contributed by atoms with Gasteiger partial charge in [0.25, 0.3) is 5.91 Å². The first-order chi connectivity index (χ1) is 13.8. The van der Waals surface area contributed by atoms with Crippen LogP contribution in [-0.2, 0) is 17.1 Å². The number of hydrogen-bond acceptors (Lipinski definition) is 4. The van der Waals surface area contributed by atoms with Gasteiger partial charge in [0.1, 0.15) is 16.3 Å². The van der Waals surface area contributed by atoms with E-state index in [1.165, 1.54) is 44.1 Å². The van der Waals surface area contributed by atoms with Gasteiger partial charge >= 0.3 is 0 Å². The van der Waals surface area contributed by atoms with E-state index in [4.69, 9.17) is 0 Å². The monoisotopic (exact) mass is 419 g/mol. The summed E-state index contributed by atoms with van der Waals surface area (Å²) in [6.07, 6.45) is 4.54. The van der Waals surface area contributed by atoms with E-state index in [2.05, 4.69) is 10.4 Å². The molecular formula is C19H22FN5O3S. The number of aromatic nitrogens is 3. The smallest absolute Gasteiger partial charge is 0.272 e. The van der Waals surface area contributed by atoms with Crippen LogP contribution >= 0.6 is 0 Å². The van der Waals surface area contributed by atoms with Crippen LogP contribution in [0, 0.1) is 5.82 Å². The molecule has 1 aromatic carbocycles. The third kappa shape index (κ3) is 4.08. The van der Waals surface area contributed by atoms with Crippen LogP contribution in [0.2, 0.25) is 0 Å². The van der Waals surface area contributed by atoms with Crippen molar-refractivity contribution in [3.8, 4) is 5.69 Å². The second kappa shape index (κ2) is 8.18. The maximum atomic E-state index is 14.4. The summed E-state index contributed by atoms with van der Waals surface area (Å²) in [6, 6.07) is 7.23. The predicted molar refractivity (Wildman–Crippen MR) is 107 cm³/mol. The number of sulfonamides is 1. The van der Waals surface area contributed by atoms with E-state index in [-0.39, 0.29) is 22.0 Å². The van der Waals surface area contributed by atoms with Crippen LogP contribution < -0.4 is 5.32 Å². The molecule has 0 bridgehead atoms. The fraction of sp³-hybridized carbons (Fsp3) is 0.263. The Morgan fingerprint density at radius 2 is 1.97 bits per heavy atom. The second-order valence-electron chi connectivity index (χ2n) is 6.33. The molecule has 10 heteroatoms. The lowest BCUT2D eigenvalue weighted by Crippen LogP contribution is -2.30. The van der Waals surface area contributed by atoms with E-state index in [9.17, 15) is 17.6 Å². The van der Waals surface area contributed by atoms with Crippen LogP contribution in [0.1, 0.15) is 24.3 Å². The van der Waals surface area contributed by atoms with E-state index in [0.29, 0.717) is 13.1 Å². The van der Waals surface area contributed by atoms with Gasteiger partial charge < -0.3 is 9.88 Å². The lowest BCUT2D eigenvalue weighted by Gasteiger charge is -2.17. The SMILES string of the molecule is CCN(CC)S(=O)(=O)c1cc(C(=O)Nc2ccc(-n3cccn3)c(F)c2)n(C)c1. The Morgan fingerprint density at radius 1 is 1.24 bits per heavy atom. The largest absolute Gasteiger partial charge is 0.345 e. The van der Waals surface area contributed by atoms with Gasteiger partial charge in [-0.15, -0.1) is 0 Å². The fourth-order valence-corrected chi connectivity index (χ4v) is 4.52. The Hall–Kier alpha value is -2.98. The number of benzene rings is 1. The van der Waals surface area contributed by atoms with Gasteiger partial charge in [0.05, 0.1) is 0 Å². The molecular weight excluding hydrogens is 397 g/mol. The van der Waals surface area contributed by atoms with Gasteiger partial charge in [-0.25, -0.2) is 17.5 Å². The highest BCUT2D eigenvalue weighted by atomic mass is 32.2. The summed E-state index contributed by atoms with van der Waals surface area (Å²) in [5.41, 5.74) is 0.643. The van der Waals surface area contributed by atoms with Crippen LogP contribution in [0.4, 0.5) is 10.1 Å². The third-order valence-corrected chi connectivity index (χ3v) is 6.53. The van der Waals surface area contributed by atoms with Crippen molar-refractivity contribution in [3.05, 3.63) is 60.4 Å². The molecule has 1 N–H and O–H groups in total. The van der Waals surface area contributed by atoms with Crippen molar-refractivity contribution in [2.45, 2.75) is 18.7 Å². The van der Waals surface area contributed by atoms with Gasteiger partial charge in [-0.05, 0) is 30.3 Å². The maximum Gasteiger partial charge on any atom is 0.272 e. The van der Waals surface area contributed by atoms with Gasteiger partial charge in [0, 0.05) is 44.4 Å². The summed E-state index contributed by atoms with van der Waals surface area (Å²) in [5, 5.41) is 6.57. The van der Waals surface area contributed by atoms with Crippen LogP contribution in [-0.4, -0.2) is 46.1 Å². The van der Waals surface area contributed by atoms with Crippen molar-refractivity contribution < 1.29 is 17.6 Å². The maximum absolute atomic E-state index is 14.4. The summed E-state index contributed by atoms with van der Waals surface area (Å²) in [5.74, 6) is -1.09. The van der Waals surface area contributed by atoms with Crippen molar-refractivity contribution in [2.24, 2.45) is 7.05 Å². The Bertz CT molecular complexity index is 1120. The molecule has 3 aromatic rings. The van der Waals surface area contributed by atoms with Crippen molar-refractivity contribution in [2.75, 3.05) is 18.4 Å². The summed E-state index contributed by atoms with van der Waals surface area (Å²) < 4.78 is 43.8. The number of rotatable bonds is 7. The molecule has 3 rings (SSSR count). The number of carbonyl (C=O) groups excluding carboxylic acids is 1. The van der Waals surface area contributed by atoms with E-state index < -0.39 is 21.7 Å². The first-order valence-corrected chi connectivity index (χ1v) is 10.5. The topological polar surface area (TPSA) is 89.2 Å². The highest BCUT2D eigenvalue weighted by molar-refractivity contribution is 7.89. The van der Waals surface area contributed by atoms with Gasteiger partial charge in [-0.3, -0.25) is 4.79 Å². The quantitative estimate of drug-likeness (QED) is 0.638. The molecule has 0 atom stereocenters. The van der Waals surface area contributed by atoms with Crippen molar-refractivity contribution >= 4 is 21.6 Å². The van der Waals surface area contributed by atoms with Crippen molar-refractivity contribution in [3.63, 3.8) is 0 Å². The molecule has 0 radical (unpaired) electrons. The molecule has 1 amide bonds. The second-order valence-corrected chi connectivity index (χ2v) is 8.27. The number of amides is 1. The summed E-state index contributed by atoms with van der Waals surface area (Å²) in [4.78, 5) is 12.7. The molecule has 0 aliphatic heterocycles. The van der Waals surface area contributed by atoms with E-state index >= 15 is 0 Å². The zero-order valence-corrected chi connectivity index (χ0v) is 17.1. The van der Waals surface area contributed by atoms with Crippen LogP contribution in [0.5, 0.6) is 0 Å². The first-order valence-electron chi connectivity index (χ1n) is 9.05. The normalized spacial score (nSPS) is 11.8. The zero-order valence-electron chi connectivity index (χ0n) is 16.3. The van der Waals surface area contributed by atoms with Crippen LogP contribution in [0.15, 0.2) is 53.8 Å².